The molecule has 0 amide bonds. The monoisotopic (exact) mass is 239 g/mol. The van der Waals surface area contributed by atoms with Crippen molar-refractivity contribution in [1.29, 1.82) is 0 Å². The van der Waals surface area contributed by atoms with Gasteiger partial charge in [-0.2, -0.15) is 0 Å². The highest BCUT2D eigenvalue weighted by molar-refractivity contribution is 6.29. The molecule has 84 valence electrons. The Morgan fingerprint density at radius 3 is 2.69 bits per heavy atom. The molecule has 1 aromatic heterocycles. The van der Waals surface area contributed by atoms with E-state index in [9.17, 15) is 4.39 Å². The molecule has 4 heteroatoms. The van der Waals surface area contributed by atoms with Crippen LogP contribution in [0.1, 0.15) is 22.7 Å². The fourth-order valence-corrected chi connectivity index (χ4v) is 1.83. The van der Waals surface area contributed by atoms with Gasteiger partial charge in [0.05, 0.1) is 12.3 Å². The molecule has 1 unspecified atom stereocenters. The molecular weight excluding hydrogens is 229 g/mol. The molecule has 16 heavy (non-hydrogen) atoms. The van der Waals surface area contributed by atoms with Crippen molar-refractivity contribution in [2.75, 3.05) is 0 Å². The first-order chi connectivity index (χ1) is 7.59. The number of furan rings is 1. The van der Waals surface area contributed by atoms with E-state index in [1.807, 2.05) is 6.92 Å². The molecule has 1 heterocycles. The Morgan fingerprint density at radius 2 is 2.06 bits per heavy atom. The first kappa shape index (κ1) is 11.2. The van der Waals surface area contributed by atoms with Gasteiger partial charge in [0.1, 0.15) is 5.82 Å². The highest BCUT2D eigenvalue weighted by Crippen LogP contribution is 2.29. The second kappa shape index (κ2) is 4.28. The van der Waals surface area contributed by atoms with E-state index in [0.29, 0.717) is 11.1 Å². The summed E-state index contributed by atoms with van der Waals surface area (Å²) in [6, 6.07) is 5.85. The summed E-state index contributed by atoms with van der Waals surface area (Å²) in [5, 5.41) is 0.202. The third kappa shape index (κ3) is 1.96. The molecule has 2 aromatic rings. The maximum atomic E-state index is 13.6. The van der Waals surface area contributed by atoms with Gasteiger partial charge in [0.2, 0.25) is 0 Å². The molecule has 1 aromatic carbocycles. The van der Waals surface area contributed by atoms with Gasteiger partial charge in [0.15, 0.2) is 5.22 Å². The highest BCUT2D eigenvalue weighted by Gasteiger charge is 2.18. The van der Waals surface area contributed by atoms with Crippen LogP contribution < -0.4 is 5.73 Å². The first-order valence-electron chi connectivity index (χ1n) is 4.84. The lowest BCUT2D eigenvalue weighted by atomic mass is 10.00. The van der Waals surface area contributed by atoms with Crippen molar-refractivity contribution in [2.45, 2.75) is 13.0 Å². The Kier molecular flexibility index (Phi) is 2.99. The third-order valence-corrected chi connectivity index (χ3v) is 2.77. The van der Waals surface area contributed by atoms with Gasteiger partial charge in [-0.1, -0.05) is 17.7 Å². The van der Waals surface area contributed by atoms with Gasteiger partial charge in [0, 0.05) is 11.1 Å². The van der Waals surface area contributed by atoms with E-state index in [1.165, 1.54) is 12.3 Å². The lowest BCUT2D eigenvalue weighted by molar-refractivity contribution is 0.561. The van der Waals surface area contributed by atoms with E-state index in [1.54, 1.807) is 18.2 Å². The number of benzene rings is 1. The Bertz CT molecular complexity index is 509. The number of halogens is 2. The Labute approximate surface area is 97.8 Å². The zero-order chi connectivity index (χ0) is 11.7. The fraction of sp³-hybridized carbons (Fsp3) is 0.167. The van der Waals surface area contributed by atoms with Gasteiger partial charge in [-0.3, -0.25) is 0 Å². The number of hydrogen-bond donors (Lipinski definition) is 1. The lowest BCUT2D eigenvalue weighted by Crippen LogP contribution is -2.13. The molecule has 2 N–H and O–H groups in total. The highest BCUT2D eigenvalue weighted by atomic mass is 35.5. The Balaban J connectivity index is 2.45. The SMILES string of the molecule is Cc1ccc(F)c(C(N)c2ccoc2Cl)c1. The minimum atomic E-state index is -0.605. The molecular formula is C12H11ClFNO. The smallest absolute Gasteiger partial charge is 0.198 e. The topological polar surface area (TPSA) is 39.2 Å². The molecule has 2 nitrogen and oxygen atoms in total. The molecule has 0 aliphatic heterocycles. The van der Waals surface area contributed by atoms with Gasteiger partial charge in [-0.25, -0.2) is 4.39 Å². The van der Waals surface area contributed by atoms with Crippen LogP contribution in [0.2, 0.25) is 5.22 Å². The van der Waals surface area contributed by atoms with Crippen LogP contribution in [0, 0.1) is 12.7 Å². The van der Waals surface area contributed by atoms with Crippen LogP contribution in [0.4, 0.5) is 4.39 Å². The molecule has 0 fully saturated rings. The number of aryl methyl sites for hydroxylation is 1. The van der Waals surface area contributed by atoms with Crippen molar-refractivity contribution in [1.82, 2.24) is 0 Å². The molecule has 0 radical (unpaired) electrons. The second-order valence-electron chi connectivity index (χ2n) is 3.65. The molecule has 0 aliphatic carbocycles. The number of nitrogens with two attached hydrogens (primary N) is 1. The second-order valence-corrected chi connectivity index (χ2v) is 4.00. The molecule has 0 bridgehead atoms. The van der Waals surface area contributed by atoms with Crippen LogP contribution in [0.5, 0.6) is 0 Å². The van der Waals surface area contributed by atoms with Gasteiger partial charge in [0.25, 0.3) is 0 Å². The molecule has 2 rings (SSSR count). The van der Waals surface area contributed by atoms with Crippen molar-refractivity contribution < 1.29 is 8.81 Å². The van der Waals surface area contributed by atoms with Crippen molar-refractivity contribution in [3.63, 3.8) is 0 Å². The standard InChI is InChI=1S/C12H11ClFNO/c1-7-2-3-10(14)9(6-7)11(15)8-4-5-16-12(8)13/h2-6,11H,15H2,1H3. The van der Waals surface area contributed by atoms with Crippen LogP contribution in [-0.2, 0) is 0 Å². The normalized spacial score (nSPS) is 12.8. The summed E-state index contributed by atoms with van der Waals surface area (Å²) >= 11 is 5.81. The van der Waals surface area contributed by atoms with E-state index >= 15 is 0 Å². The van der Waals surface area contributed by atoms with E-state index < -0.39 is 6.04 Å². The molecule has 0 saturated heterocycles. The predicted molar refractivity (Wildman–Crippen MR) is 60.9 cm³/mol. The zero-order valence-corrected chi connectivity index (χ0v) is 9.46. The molecule has 0 saturated carbocycles. The van der Waals surface area contributed by atoms with Gasteiger partial charge < -0.3 is 10.2 Å². The van der Waals surface area contributed by atoms with Crippen LogP contribution in [0.15, 0.2) is 34.9 Å². The van der Waals surface area contributed by atoms with Gasteiger partial charge in [-0.05, 0) is 30.7 Å². The average Bonchev–Trinajstić information content (AvgIpc) is 2.67. The summed E-state index contributed by atoms with van der Waals surface area (Å²) in [5.74, 6) is -0.338. The van der Waals surface area contributed by atoms with Crippen LogP contribution in [0.25, 0.3) is 0 Å². The molecule has 0 aliphatic rings. The van der Waals surface area contributed by atoms with Gasteiger partial charge >= 0.3 is 0 Å². The minimum Gasteiger partial charge on any atom is -0.453 e. The Morgan fingerprint density at radius 1 is 1.31 bits per heavy atom. The van der Waals surface area contributed by atoms with E-state index in [2.05, 4.69) is 0 Å². The number of hydrogen-bond acceptors (Lipinski definition) is 2. The van der Waals surface area contributed by atoms with Crippen molar-refractivity contribution in [2.24, 2.45) is 5.73 Å². The fourth-order valence-electron chi connectivity index (χ4n) is 1.60. The van der Waals surface area contributed by atoms with Crippen LogP contribution >= 0.6 is 11.6 Å². The van der Waals surface area contributed by atoms with E-state index in [4.69, 9.17) is 21.8 Å². The summed E-state index contributed by atoms with van der Waals surface area (Å²) in [6.07, 6.45) is 1.44. The minimum absolute atomic E-state index is 0.202. The van der Waals surface area contributed by atoms with Gasteiger partial charge in [-0.15, -0.1) is 0 Å². The quantitative estimate of drug-likeness (QED) is 0.872. The third-order valence-electron chi connectivity index (χ3n) is 2.47. The maximum Gasteiger partial charge on any atom is 0.198 e. The largest absolute Gasteiger partial charge is 0.453 e. The summed E-state index contributed by atoms with van der Waals surface area (Å²) in [4.78, 5) is 0. The number of rotatable bonds is 2. The average molecular weight is 240 g/mol. The summed E-state index contributed by atoms with van der Waals surface area (Å²) in [7, 11) is 0. The van der Waals surface area contributed by atoms with Crippen molar-refractivity contribution >= 4 is 11.6 Å². The first-order valence-corrected chi connectivity index (χ1v) is 5.22. The van der Waals surface area contributed by atoms with Crippen LogP contribution in [-0.4, -0.2) is 0 Å². The van der Waals surface area contributed by atoms with Crippen molar-refractivity contribution in [3.8, 4) is 0 Å². The Hall–Kier alpha value is -1.32. The summed E-state index contributed by atoms with van der Waals surface area (Å²) in [5.41, 5.74) is 7.91. The van der Waals surface area contributed by atoms with Crippen molar-refractivity contribution in [3.05, 3.63) is 58.3 Å². The van der Waals surface area contributed by atoms with E-state index in [0.717, 1.165) is 5.56 Å². The summed E-state index contributed by atoms with van der Waals surface area (Å²) in [6.45, 7) is 1.88. The lowest BCUT2D eigenvalue weighted by Gasteiger charge is -2.12. The molecule has 0 spiro atoms. The maximum absolute atomic E-state index is 13.6. The summed E-state index contributed by atoms with van der Waals surface area (Å²) < 4.78 is 18.5. The van der Waals surface area contributed by atoms with E-state index in [-0.39, 0.29) is 11.0 Å². The van der Waals surface area contributed by atoms with Crippen LogP contribution in [0.3, 0.4) is 0 Å². The zero-order valence-electron chi connectivity index (χ0n) is 8.71. The molecule has 1 atom stereocenters. The predicted octanol–water partition coefficient (Wildman–Crippen LogP) is 3.43.